The molecule has 3 heteroatoms. The fourth-order valence-electron chi connectivity index (χ4n) is 1.82. The summed E-state index contributed by atoms with van der Waals surface area (Å²) in [6, 6.07) is 12.4. The second-order valence-corrected chi connectivity index (χ2v) is 4.97. The molecule has 0 aliphatic heterocycles. The predicted molar refractivity (Wildman–Crippen MR) is 73.6 cm³/mol. The maximum Gasteiger partial charge on any atom is 0.275 e. The number of nitrogens with two attached hydrogens (primary N) is 1. The van der Waals surface area contributed by atoms with Gasteiger partial charge in [-0.3, -0.25) is 5.73 Å². The van der Waals surface area contributed by atoms with Crippen LogP contribution in [0.15, 0.2) is 47.1 Å². The summed E-state index contributed by atoms with van der Waals surface area (Å²) in [4.78, 5) is 0. The Balaban J connectivity index is 2.13. The van der Waals surface area contributed by atoms with Crippen LogP contribution >= 0.6 is 15.9 Å². The van der Waals surface area contributed by atoms with Gasteiger partial charge in [-0.15, -0.1) is 0 Å². The van der Waals surface area contributed by atoms with Gasteiger partial charge in [0.2, 0.25) is 0 Å². The standard InChI is InChI=1S/C14H15BrN2/c1-11-5-4-9-17(14(11)16)10-8-12-6-2-3-7-13(12)15/h2-7,9,16H,8,10H2,1H3/p+1. The van der Waals surface area contributed by atoms with E-state index in [1.165, 1.54) is 5.56 Å². The van der Waals surface area contributed by atoms with Crippen molar-refractivity contribution in [3.63, 3.8) is 0 Å². The third kappa shape index (κ3) is 2.86. The van der Waals surface area contributed by atoms with Crippen LogP contribution in [0.4, 0.5) is 5.82 Å². The normalized spacial score (nSPS) is 10.5. The number of anilines is 1. The van der Waals surface area contributed by atoms with Gasteiger partial charge in [0.1, 0.15) is 0 Å². The highest BCUT2D eigenvalue weighted by molar-refractivity contribution is 9.10. The molecule has 0 fully saturated rings. The first kappa shape index (κ1) is 12.1. The minimum absolute atomic E-state index is 0.847. The zero-order chi connectivity index (χ0) is 12.3. The number of rotatable bonds is 3. The van der Waals surface area contributed by atoms with E-state index in [9.17, 15) is 0 Å². The van der Waals surface area contributed by atoms with Gasteiger partial charge in [-0.25, -0.2) is 4.57 Å². The molecule has 0 unspecified atom stereocenters. The van der Waals surface area contributed by atoms with Gasteiger partial charge in [-0.05, 0) is 30.7 Å². The number of aromatic nitrogens is 1. The van der Waals surface area contributed by atoms with Crippen molar-refractivity contribution >= 4 is 21.7 Å². The summed E-state index contributed by atoms with van der Waals surface area (Å²) in [6.45, 7) is 2.93. The third-order valence-corrected chi connectivity index (χ3v) is 3.68. The molecule has 2 rings (SSSR count). The summed E-state index contributed by atoms with van der Waals surface area (Å²) in [5.41, 5.74) is 8.47. The highest BCUT2D eigenvalue weighted by Crippen LogP contribution is 2.16. The third-order valence-electron chi connectivity index (χ3n) is 2.91. The molecule has 1 aromatic carbocycles. The fraction of sp³-hybridized carbons (Fsp3) is 0.214. The summed E-state index contributed by atoms with van der Waals surface area (Å²) >= 11 is 3.56. The molecule has 2 nitrogen and oxygen atoms in total. The van der Waals surface area contributed by atoms with Crippen LogP contribution in [-0.4, -0.2) is 0 Å². The summed E-state index contributed by atoms with van der Waals surface area (Å²) in [6.07, 6.45) is 3.00. The average Bonchev–Trinajstić information content (AvgIpc) is 2.33. The van der Waals surface area contributed by atoms with Gasteiger partial charge in [-0.2, -0.15) is 0 Å². The minimum atomic E-state index is 0.847. The van der Waals surface area contributed by atoms with Crippen LogP contribution in [0.1, 0.15) is 11.1 Å². The van der Waals surface area contributed by atoms with Crippen molar-refractivity contribution in [1.29, 1.82) is 0 Å². The van der Waals surface area contributed by atoms with Crippen LogP contribution in [0, 0.1) is 6.92 Å². The molecule has 1 heterocycles. The molecule has 17 heavy (non-hydrogen) atoms. The van der Waals surface area contributed by atoms with Crippen molar-refractivity contribution in [2.75, 3.05) is 5.73 Å². The van der Waals surface area contributed by atoms with E-state index >= 15 is 0 Å². The summed E-state index contributed by atoms with van der Waals surface area (Å²) in [5.74, 6) is 0.847. The van der Waals surface area contributed by atoms with Crippen molar-refractivity contribution in [2.24, 2.45) is 0 Å². The van der Waals surface area contributed by atoms with Crippen LogP contribution in [-0.2, 0) is 13.0 Å². The zero-order valence-corrected chi connectivity index (χ0v) is 11.4. The monoisotopic (exact) mass is 291 g/mol. The molecule has 1 aromatic heterocycles. The first-order chi connectivity index (χ1) is 8.18. The van der Waals surface area contributed by atoms with E-state index in [1.54, 1.807) is 0 Å². The maximum absolute atomic E-state index is 6.04. The van der Waals surface area contributed by atoms with Crippen LogP contribution in [0.5, 0.6) is 0 Å². The lowest BCUT2D eigenvalue weighted by atomic mass is 10.1. The zero-order valence-electron chi connectivity index (χ0n) is 9.86. The number of aryl methyl sites for hydroxylation is 3. The molecular formula is C14H16BrN2+. The molecule has 0 bridgehead atoms. The Kier molecular flexibility index (Phi) is 3.79. The van der Waals surface area contributed by atoms with Crippen LogP contribution in [0.3, 0.4) is 0 Å². The first-order valence-corrected chi connectivity index (χ1v) is 6.45. The summed E-state index contributed by atoms with van der Waals surface area (Å²) in [5, 5.41) is 0. The number of halogens is 1. The molecule has 88 valence electrons. The molecule has 0 aliphatic rings. The molecular weight excluding hydrogens is 276 g/mol. The quantitative estimate of drug-likeness (QED) is 0.866. The van der Waals surface area contributed by atoms with Crippen LogP contribution in [0.25, 0.3) is 0 Å². The first-order valence-electron chi connectivity index (χ1n) is 5.66. The van der Waals surface area contributed by atoms with Gasteiger partial charge in [0.05, 0.1) is 12.7 Å². The largest absolute Gasteiger partial charge is 0.287 e. The minimum Gasteiger partial charge on any atom is -0.287 e. The number of nitrogens with zero attached hydrogens (tertiary/aromatic N) is 1. The molecule has 0 radical (unpaired) electrons. The maximum atomic E-state index is 6.04. The summed E-state index contributed by atoms with van der Waals surface area (Å²) in [7, 11) is 0. The molecule has 0 amide bonds. The van der Waals surface area contributed by atoms with Crippen LogP contribution in [0.2, 0.25) is 0 Å². The van der Waals surface area contributed by atoms with Gasteiger partial charge >= 0.3 is 0 Å². The average molecular weight is 292 g/mol. The van der Waals surface area contributed by atoms with E-state index < -0.39 is 0 Å². The van der Waals surface area contributed by atoms with E-state index in [2.05, 4.69) is 38.7 Å². The lowest BCUT2D eigenvalue weighted by Gasteiger charge is -2.06. The number of nitrogen functional groups attached to an aromatic ring is 1. The van der Waals surface area contributed by atoms with Crippen LogP contribution < -0.4 is 10.3 Å². The number of pyridine rings is 1. The Morgan fingerprint density at radius 2 is 1.94 bits per heavy atom. The molecule has 0 saturated heterocycles. The van der Waals surface area contributed by atoms with Gasteiger partial charge in [-0.1, -0.05) is 34.1 Å². The second-order valence-electron chi connectivity index (χ2n) is 4.11. The number of hydrogen-bond donors (Lipinski definition) is 1. The molecule has 2 N–H and O–H groups in total. The van der Waals surface area contributed by atoms with Gasteiger partial charge in [0.25, 0.3) is 5.82 Å². The molecule has 2 aromatic rings. The predicted octanol–water partition coefficient (Wildman–Crippen LogP) is 2.87. The van der Waals surface area contributed by atoms with Crippen molar-refractivity contribution in [3.05, 3.63) is 58.2 Å². The van der Waals surface area contributed by atoms with E-state index in [4.69, 9.17) is 5.73 Å². The van der Waals surface area contributed by atoms with Crippen molar-refractivity contribution in [3.8, 4) is 0 Å². The lowest BCUT2D eigenvalue weighted by Crippen LogP contribution is -2.38. The number of benzene rings is 1. The molecule has 0 atom stereocenters. The second kappa shape index (κ2) is 5.32. The Bertz CT molecular complexity index is 523. The summed E-state index contributed by atoms with van der Waals surface area (Å²) < 4.78 is 3.25. The fourth-order valence-corrected chi connectivity index (χ4v) is 2.30. The topological polar surface area (TPSA) is 29.9 Å². The number of hydrogen-bond acceptors (Lipinski definition) is 1. The Morgan fingerprint density at radius 3 is 2.71 bits per heavy atom. The van der Waals surface area contributed by atoms with Gasteiger partial charge in [0, 0.05) is 16.5 Å². The van der Waals surface area contributed by atoms with E-state index in [0.29, 0.717) is 0 Å². The van der Waals surface area contributed by atoms with Crippen molar-refractivity contribution in [2.45, 2.75) is 19.9 Å². The molecule has 0 spiro atoms. The Morgan fingerprint density at radius 1 is 1.18 bits per heavy atom. The van der Waals surface area contributed by atoms with Crippen molar-refractivity contribution in [1.82, 2.24) is 0 Å². The highest BCUT2D eigenvalue weighted by atomic mass is 79.9. The highest BCUT2D eigenvalue weighted by Gasteiger charge is 2.07. The molecule has 0 aliphatic carbocycles. The van der Waals surface area contributed by atoms with E-state index in [-0.39, 0.29) is 0 Å². The lowest BCUT2D eigenvalue weighted by molar-refractivity contribution is -0.682. The Labute approximate surface area is 110 Å². The van der Waals surface area contributed by atoms with Crippen molar-refractivity contribution < 1.29 is 4.57 Å². The SMILES string of the molecule is Cc1ccc[n+](CCc2ccccc2Br)c1N. The van der Waals surface area contributed by atoms with Gasteiger partial charge < -0.3 is 0 Å². The smallest absolute Gasteiger partial charge is 0.275 e. The van der Waals surface area contributed by atoms with Gasteiger partial charge in [0.15, 0.2) is 0 Å². The van der Waals surface area contributed by atoms with E-state index in [1.807, 2.05) is 31.3 Å². The van der Waals surface area contributed by atoms with E-state index in [0.717, 1.165) is 28.8 Å². The Hall–Kier alpha value is -1.35. The molecule has 0 saturated carbocycles.